The van der Waals surface area contributed by atoms with Crippen LogP contribution >= 0.6 is 23.2 Å². The average Bonchev–Trinajstić information content (AvgIpc) is 3.29. The Bertz CT molecular complexity index is 1280. The van der Waals surface area contributed by atoms with Crippen LogP contribution in [0.25, 0.3) is 22.6 Å². The Morgan fingerprint density at radius 2 is 2.13 bits per heavy atom. The molecule has 0 spiro atoms. The standard InChI is InChI=1S/C18H13Cl2N7O3/c19-10-5-9(16(29)11(20)6-10)7-22-24-14(28)8-27-13-4-2-1-3-12(13)23-18(27)15-17(21)26-30-25-15/h1-7H,8H2,(H4,21,22,23,24,25,26,28,29). The second-order valence-electron chi connectivity index (χ2n) is 6.17. The van der Waals surface area contributed by atoms with Crippen molar-refractivity contribution in [2.24, 2.45) is 5.10 Å². The quantitative estimate of drug-likeness (QED) is 0.241. The number of hydrazone groups is 1. The van der Waals surface area contributed by atoms with E-state index in [0.29, 0.717) is 5.82 Å². The maximum atomic E-state index is 12.5. The van der Waals surface area contributed by atoms with Crippen LogP contribution in [0.2, 0.25) is 10.0 Å². The van der Waals surface area contributed by atoms with Gasteiger partial charge in [0.25, 0.3) is 5.91 Å². The minimum Gasteiger partial charge on any atom is -0.871 e. The van der Waals surface area contributed by atoms with E-state index >= 15 is 0 Å². The summed E-state index contributed by atoms with van der Waals surface area (Å²) < 4.78 is 6.32. The van der Waals surface area contributed by atoms with Crippen molar-refractivity contribution in [2.75, 3.05) is 5.73 Å². The maximum absolute atomic E-state index is 12.5. The van der Waals surface area contributed by atoms with Gasteiger partial charge in [0.05, 0.1) is 6.21 Å². The van der Waals surface area contributed by atoms with Gasteiger partial charge in [0.15, 0.2) is 17.6 Å². The van der Waals surface area contributed by atoms with E-state index in [-0.39, 0.29) is 33.7 Å². The third-order valence-electron chi connectivity index (χ3n) is 4.19. The Morgan fingerprint density at radius 1 is 1.33 bits per heavy atom. The van der Waals surface area contributed by atoms with Crippen molar-refractivity contribution in [3.63, 3.8) is 0 Å². The van der Waals surface area contributed by atoms with E-state index in [9.17, 15) is 9.90 Å². The van der Waals surface area contributed by atoms with Crippen LogP contribution in [0.5, 0.6) is 5.75 Å². The van der Waals surface area contributed by atoms with E-state index in [1.165, 1.54) is 18.3 Å². The molecule has 2 heterocycles. The first kappa shape index (κ1) is 19.7. The Balaban J connectivity index is 1.59. The molecule has 0 bridgehead atoms. The number of para-hydroxylation sites is 2. The summed E-state index contributed by atoms with van der Waals surface area (Å²) in [6, 6.07) is 10.1. The van der Waals surface area contributed by atoms with Gasteiger partial charge in [-0.25, -0.2) is 19.6 Å². The fourth-order valence-corrected chi connectivity index (χ4v) is 3.38. The number of carbonyl (C=O) groups excluding carboxylic acids is 1. The smallest absolute Gasteiger partial charge is 0.314 e. The highest BCUT2D eigenvalue weighted by molar-refractivity contribution is 6.36. The number of fused-ring (bicyclic) bond motifs is 1. The predicted molar refractivity (Wildman–Crippen MR) is 108 cm³/mol. The summed E-state index contributed by atoms with van der Waals surface area (Å²) in [4.78, 5) is 15.6. The monoisotopic (exact) mass is 445 g/mol. The topological polar surface area (TPSA) is 149 Å². The second kappa shape index (κ2) is 8.01. The minimum atomic E-state index is -0.460. The normalized spacial score (nSPS) is 11.4. The summed E-state index contributed by atoms with van der Waals surface area (Å²) in [7, 11) is 0. The molecule has 30 heavy (non-hydrogen) atoms. The van der Waals surface area contributed by atoms with Gasteiger partial charge >= 0.3 is 5.82 Å². The Kier molecular flexibility index (Phi) is 5.25. The van der Waals surface area contributed by atoms with E-state index < -0.39 is 11.7 Å². The number of halogens is 2. The van der Waals surface area contributed by atoms with Gasteiger partial charge in [-0.1, -0.05) is 41.1 Å². The molecule has 152 valence electrons. The lowest BCUT2D eigenvalue weighted by atomic mass is 10.2. The van der Waals surface area contributed by atoms with E-state index in [1.807, 2.05) is 24.3 Å². The van der Waals surface area contributed by atoms with Gasteiger partial charge in [-0.05, 0) is 40.1 Å². The number of nitrogens with zero attached hydrogens (tertiary/aromatic N) is 4. The number of nitrogens with one attached hydrogen (secondary N) is 2. The number of hydrogen-bond acceptors (Lipinski definition) is 7. The zero-order valence-corrected chi connectivity index (χ0v) is 16.6. The molecule has 0 aliphatic heterocycles. The second-order valence-corrected chi connectivity index (χ2v) is 7.02. The van der Waals surface area contributed by atoms with Crippen molar-refractivity contribution < 1.29 is 19.1 Å². The number of nitrogens with two attached hydrogens (primary N) is 1. The zero-order chi connectivity index (χ0) is 21.3. The largest absolute Gasteiger partial charge is 0.871 e. The average molecular weight is 446 g/mol. The maximum Gasteiger partial charge on any atom is 0.314 e. The number of rotatable bonds is 5. The molecular formula is C18H13Cl2N7O3. The van der Waals surface area contributed by atoms with E-state index in [1.54, 1.807) is 4.57 Å². The molecule has 0 aliphatic rings. The van der Waals surface area contributed by atoms with E-state index in [4.69, 9.17) is 28.9 Å². The van der Waals surface area contributed by atoms with E-state index in [0.717, 1.165) is 11.0 Å². The van der Waals surface area contributed by atoms with Crippen molar-refractivity contribution in [1.29, 1.82) is 0 Å². The molecule has 0 saturated heterocycles. The first-order chi connectivity index (χ1) is 14.4. The van der Waals surface area contributed by atoms with Crippen LogP contribution in [0.1, 0.15) is 5.56 Å². The third-order valence-corrected chi connectivity index (χ3v) is 4.69. The fourth-order valence-electron chi connectivity index (χ4n) is 2.87. The molecule has 0 atom stereocenters. The first-order valence-corrected chi connectivity index (χ1v) is 9.26. The number of H-pyrrole nitrogens is 1. The van der Waals surface area contributed by atoms with Crippen LogP contribution in [-0.2, 0) is 11.3 Å². The predicted octanol–water partition coefficient (Wildman–Crippen LogP) is 1.62. The summed E-state index contributed by atoms with van der Waals surface area (Å²) in [6.07, 6.45) is 1.18. The van der Waals surface area contributed by atoms with Crippen LogP contribution in [0.4, 0.5) is 5.82 Å². The lowest BCUT2D eigenvalue weighted by Gasteiger charge is -2.12. The number of aromatic amines is 1. The highest BCUT2D eigenvalue weighted by atomic mass is 35.5. The summed E-state index contributed by atoms with van der Waals surface area (Å²) in [5, 5.41) is 23.4. The lowest BCUT2D eigenvalue weighted by molar-refractivity contribution is -0.647. The van der Waals surface area contributed by atoms with Gasteiger partial charge in [-0.3, -0.25) is 4.79 Å². The van der Waals surface area contributed by atoms with Gasteiger partial charge in [0.2, 0.25) is 11.5 Å². The molecule has 0 unspecified atom stereocenters. The Labute approximate surface area is 178 Å². The van der Waals surface area contributed by atoms with Crippen molar-refractivity contribution in [1.82, 2.24) is 20.7 Å². The number of aromatic nitrogens is 4. The van der Waals surface area contributed by atoms with Gasteiger partial charge in [-0.2, -0.15) is 5.10 Å². The minimum absolute atomic E-state index is 0.0342. The SMILES string of the molecule is Nc1nonc1-c1[nH]c2ccccc2[n+]1CC(=O)N/N=C/c1cc(Cl)cc(Cl)c1[O-]. The van der Waals surface area contributed by atoms with Crippen molar-refractivity contribution in [3.05, 3.63) is 52.0 Å². The summed E-state index contributed by atoms with van der Waals surface area (Å²) >= 11 is 11.7. The third kappa shape index (κ3) is 3.78. The number of hydrogen-bond donors (Lipinski definition) is 3. The summed E-state index contributed by atoms with van der Waals surface area (Å²) in [6.45, 7) is -0.122. The van der Waals surface area contributed by atoms with Gasteiger partial charge in [0, 0.05) is 10.0 Å². The van der Waals surface area contributed by atoms with Crippen LogP contribution in [0.15, 0.2) is 46.1 Å². The summed E-state index contributed by atoms with van der Waals surface area (Å²) in [5.74, 6) is -0.383. The zero-order valence-electron chi connectivity index (χ0n) is 15.1. The van der Waals surface area contributed by atoms with Gasteiger partial charge in [-0.15, -0.1) is 0 Å². The van der Waals surface area contributed by atoms with Crippen LogP contribution < -0.4 is 20.8 Å². The molecule has 0 saturated carbocycles. The highest BCUT2D eigenvalue weighted by Crippen LogP contribution is 2.27. The number of nitrogen functional groups attached to an aromatic ring is 1. The number of imidazole rings is 1. The van der Waals surface area contributed by atoms with Gasteiger partial charge < -0.3 is 10.8 Å². The molecule has 4 N–H and O–H groups in total. The fraction of sp³-hybridized carbons (Fsp3) is 0.0556. The molecular weight excluding hydrogens is 433 g/mol. The summed E-state index contributed by atoms with van der Waals surface area (Å²) in [5.41, 5.74) is 10.1. The number of amides is 1. The van der Waals surface area contributed by atoms with Crippen molar-refractivity contribution >= 4 is 52.2 Å². The molecule has 12 heteroatoms. The Morgan fingerprint density at radius 3 is 2.90 bits per heavy atom. The van der Waals surface area contributed by atoms with Crippen LogP contribution in [0, 0.1) is 0 Å². The number of benzene rings is 2. The van der Waals surface area contributed by atoms with Crippen LogP contribution in [-0.4, -0.2) is 27.4 Å². The molecule has 4 rings (SSSR count). The molecule has 2 aromatic carbocycles. The lowest BCUT2D eigenvalue weighted by Crippen LogP contribution is -2.42. The number of anilines is 1. The number of carbonyl (C=O) groups is 1. The molecule has 0 radical (unpaired) electrons. The molecule has 0 aliphatic carbocycles. The molecule has 1 amide bonds. The first-order valence-electron chi connectivity index (χ1n) is 8.51. The molecule has 4 aromatic rings. The van der Waals surface area contributed by atoms with Crippen molar-refractivity contribution in [3.8, 4) is 17.3 Å². The molecule has 2 aromatic heterocycles. The molecule has 0 fully saturated rings. The van der Waals surface area contributed by atoms with Crippen LogP contribution in [0.3, 0.4) is 0 Å². The highest BCUT2D eigenvalue weighted by Gasteiger charge is 2.27. The van der Waals surface area contributed by atoms with Crippen molar-refractivity contribution in [2.45, 2.75) is 6.54 Å². The van der Waals surface area contributed by atoms with E-state index in [2.05, 4.69) is 30.5 Å². The molecule has 10 nitrogen and oxygen atoms in total. The Hall–Kier alpha value is -3.63. The van der Waals surface area contributed by atoms with Gasteiger partial charge in [0.1, 0.15) is 0 Å².